The summed E-state index contributed by atoms with van der Waals surface area (Å²) in [7, 11) is 3.11. The Morgan fingerprint density at radius 1 is 1.56 bits per heavy atom. The molecule has 0 aliphatic carbocycles. The zero-order chi connectivity index (χ0) is 13.8. The highest BCUT2D eigenvalue weighted by atomic mass is 79.9. The van der Waals surface area contributed by atoms with Gasteiger partial charge in [-0.25, -0.2) is 4.79 Å². The smallest absolute Gasteiger partial charge is 0.338 e. The normalized spacial score (nSPS) is 14.3. The first kappa shape index (κ1) is 15.1. The average molecular weight is 316 g/mol. The number of ether oxygens (including phenoxy) is 1. The van der Waals surface area contributed by atoms with Gasteiger partial charge in [0.25, 0.3) is 0 Å². The van der Waals surface area contributed by atoms with E-state index in [2.05, 4.69) is 20.7 Å². The second kappa shape index (κ2) is 6.31. The number of benzene rings is 1. The third kappa shape index (κ3) is 4.40. The van der Waals surface area contributed by atoms with Crippen molar-refractivity contribution >= 4 is 21.9 Å². The molecule has 0 saturated carbocycles. The van der Waals surface area contributed by atoms with Gasteiger partial charge in [0, 0.05) is 17.6 Å². The van der Waals surface area contributed by atoms with E-state index in [1.54, 1.807) is 0 Å². The molecule has 0 amide bonds. The summed E-state index contributed by atoms with van der Waals surface area (Å²) in [4.78, 5) is 13.2. The Bertz CT molecular complexity index is 420. The molecule has 1 rings (SSSR count). The van der Waals surface area contributed by atoms with Crippen molar-refractivity contribution in [2.75, 3.05) is 20.7 Å². The third-order valence-corrected chi connectivity index (χ3v) is 3.04. The molecular formula is C13H18BrNO3. The molecule has 0 radical (unpaired) electrons. The lowest BCUT2D eigenvalue weighted by Gasteiger charge is -2.26. The fourth-order valence-electron chi connectivity index (χ4n) is 1.81. The Morgan fingerprint density at radius 2 is 2.22 bits per heavy atom. The van der Waals surface area contributed by atoms with Crippen molar-refractivity contribution in [1.82, 2.24) is 4.90 Å². The van der Waals surface area contributed by atoms with Crippen molar-refractivity contribution in [1.29, 1.82) is 0 Å². The van der Waals surface area contributed by atoms with Gasteiger partial charge in [-0.15, -0.1) is 0 Å². The van der Waals surface area contributed by atoms with Crippen molar-refractivity contribution in [3.8, 4) is 0 Å². The highest BCUT2D eigenvalue weighted by Crippen LogP contribution is 2.14. The molecule has 0 spiro atoms. The molecule has 1 atom stereocenters. The fraction of sp³-hybridized carbons (Fsp3) is 0.462. The first-order chi connectivity index (χ1) is 8.35. The van der Waals surface area contributed by atoms with Crippen LogP contribution in [0.4, 0.5) is 0 Å². The minimum atomic E-state index is -1.49. The summed E-state index contributed by atoms with van der Waals surface area (Å²) in [6, 6.07) is 7.90. The molecule has 0 aliphatic heterocycles. The monoisotopic (exact) mass is 315 g/mol. The molecule has 0 heterocycles. The number of halogens is 1. The van der Waals surface area contributed by atoms with E-state index < -0.39 is 11.6 Å². The molecule has 1 N–H and O–H groups in total. The number of carbonyl (C=O) groups excluding carboxylic acids is 1. The van der Waals surface area contributed by atoms with Gasteiger partial charge in [0.15, 0.2) is 5.60 Å². The van der Waals surface area contributed by atoms with Gasteiger partial charge in [-0.05, 0) is 31.7 Å². The number of hydrogen-bond donors (Lipinski definition) is 1. The fourth-order valence-corrected chi connectivity index (χ4v) is 2.26. The van der Waals surface area contributed by atoms with E-state index in [1.807, 2.05) is 36.2 Å². The summed E-state index contributed by atoms with van der Waals surface area (Å²) in [5.41, 5.74) is -0.386. The van der Waals surface area contributed by atoms with E-state index >= 15 is 0 Å². The van der Waals surface area contributed by atoms with Gasteiger partial charge in [-0.3, -0.25) is 4.90 Å². The van der Waals surface area contributed by atoms with Crippen molar-refractivity contribution < 1.29 is 14.6 Å². The van der Waals surface area contributed by atoms with Crippen molar-refractivity contribution in [2.45, 2.75) is 19.1 Å². The number of aliphatic hydroxyl groups is 1. The summed E-state index contributed by atoms with van der Waals surface area (Å²) in [5.74, 6) is -0.622. The molecule has 100 valence electrons. The summed E-state index contributed by atoms with van der Waals surface area (Å²) >= 11 is 3.41. The predicted molar refractivity (Wildman–Crippen MR) is 73.1 cm³/mol. The summed E-state index contributed by atoms with van der Waals surface area (Å²) in [6.45, 7) is 2.31. The Balaban J connectivity index is 2.61. The van der Waals surface area contributed by atoms with Crippen LogP contribution in [0.1, 0.15) is 12.5 Å². The quantitative estimate of drug-likeness (QED) is 0.842. The van der Waals surface area contributed by atoms with Crippen molar-refractivity contribution in [3.05, 3.63) is 34.3 Å². The molecule has 0 saturated heterocycles. The molecule has 4 nitrogen and oxygen atoms in total. The molecule has 18 heavy (non-hydrogen) atoms. The molecule has 0 bridgehead atoms. The van der Waals surface area contributed by atoms with Gasteiger partial charge >= 0.3 is 5.97 Å². The second-order valence-corrected chi connectivity index (χ2v) is 5.48. The Hall–Kier alpha value is -0.910. The van der Waals surface area contributed by atoms with Gasteiger partial charge < -0.3 is 9.84 Å². The predicted octanol–water partition coefficient (Wildman–Crippen LogP) is 1.80. The Labute approximate surface area is 116 Å². The van der Waals surface area contributed by atoms with Crippen LogP contribution in [0.5, 0.6) is 0 Å². The zero-order valence-corrected chi connectivity index (χ0v) is 12.4. The minimum absolute atomic E-state index is 0.214. The van der Waals surface area contributed by atoms with Crippen LogP contribution in [0, 0.1) is 0 Å². The van der Waals surface area contributed by atoms with Gasteiger partial charge in [0.2, 0.25) is 0 Å². The lowest BCUT2D eigenvalue weighted by molar-refractivity contribution is -0.162. The number of methoxy groups -OCH3 is 1. The molecule has 1 aromatic carbocycles. The first-order valence-corrected chi connectivity index (χ1v) is 6.38. The lowest BCUT2D eigenvalue weighted by atomic mass is 10.1. The van der Waals surface area contributed by atoms with Crippen LogP contribution in [0.25, 0.3) is 0 Å². The van der Waals surface area contributed by atoms with Crippen LogP contribution >= 0.6 is 15.9 Å². The standard InChI is InChI=1S/C13H18BrNO3/c1-13(17,12(16)18-3)9-15(2)8-10-5-4-6-11(14)7-10/h4-7,17H,8-9H2,1-3H3. The molecule has 0 fully saturated rings. The van der Waals surface area contributed by atoms with Crippen molar-refractivity contribution in [3.63, 3.8) is 0 Å². The van der Waals surface area contributed by atoms with Crippen molar-refractivity contribution in [2.24, 2.45) is 0 Å². The number of rotatable bonds is 5. The van der Waals surface area contributed by atoms with E-state index in [1.165, 1.54) is 14.0 Å². The third-order valence-electron chi connectivity index (χ3n) is 2.54. The maximum Gasteiger partial charge on any atom is 0.338 e. The number of carbonyl (C=O) groups is 1. The highest BCUT2D eigenvalue weighted by Gasteiger charge is 2.32. The van der Waals surface area contributed by atoms with E-state index in [0.717, 1.165) is 10.0 Å². The van der Waals surface area contributed by atoms with Gasteiger partial charge in [-0.1, -0.05) is 28.1 Å². The van der Waals surface area contributed by atoms with Crippen LogP contribution in [-0.2, 0) is 16.1 Å². The Kier molecular flexibility index (Phi) is 5.31. The summed E-state index contributed by atoms with van der Waals surface area (Å²) < 4.78 is 5.57. The second-order valence-electron chi connectivity index (χ2n) is 4.57. The van der Waals surface area contributed by atoms with Crippen LogP contribution in [0.3, 0.4) is 0 Å². The van der Waals surface area contributed by atoms with E-state index in [0.29, 0.717) is 6.54 Å². The minimum Gasteiger partial charge on any atom is -0.467 e. The number of nitrogens with zero attached hydrogens (tertiary/aromatic N) is 1. The number of esters is 1. The number of hydrogen-bond acceptors (Lipinski definition) is 4. The van der Waals surface area contributed by atoms with Gasteiger partial charge in [-0.2, -0.15) is 0 Å². The first-order valence-electron chi connectivity index (χ1n) is 5.59. The van der Waals surface area contributed by atoms with Crippen LogP contribution < -0.4 is 0 Å². The molecule has 0 aliphatic rings. The number of likely N-dealkylation sites (N-methyl/N-ethyl adjacent to an activating group) is 1. The van der Waals surface area contributed by atoms with Crippen LogP contribution in [-0.4, -0.2) is 42.3 Å². The zero-order valence-electron chi connectivity index (χ0n) is 10.8. The van der Waals surface area contributed by atoms with Gasteiger partial charge in [0.1, 0.15) is 0 Å². The molecule has 0 aromatic heterocycles. The highest BCUT2D eigenvalue weighted by molar-refractivity contribution is 9.10. The van der Waals surface area contributed by atoms with E-state index in [-0.39, 0.29) is 6.54 Å². The largest absolute Gasteiger partial charge is 0.467 e. The molecule has 5 heteroatoms. The van der Waals surface area contributed by atoms with Gasteiger partial charge in [0.05, 0.1) is 7.11 Å². The average Bonchev–Trinajstić information content (AvgIpc) is 2.26. The summed E-state index contributed by atoms with van der Waals surface area (Å²) in [5, 5.41) is 9.96. The lowest BCUT2D eigenvalue weighted by Crippen LogP contribution is -2.46. The van der Waals surface area contributed by atoms with E-state index in [9.17, 15) is 9.90 Å². The molecular weight excluding hydrogens is 298 g/mol. The SMILES string of the molecule is COC(=O)C(C)(O)CN(C)Cc1cccc(Br)c1. The van der Waals surface area contributed by atoms with Crippen LogP contribution in [0.2, 0.25) is 0 Å². The maximum atomic E-state index is 11.4. The summed E-state index contributed by atoms with van der Waals surface area (Å²) in [6.07, 6.45) is 0. The van der Waals surface area contributed by atoms with Crippen LogP contribution in [0.15, 0.2) is 28.7 Å². The molecule has 1 aromatic rings. The maximum absolute atomic E-state index is 11.4. The topological polar surface area (TPSA) is 49.8 Å². The Morgan fingerprint density at radius 3 is 2.78 bits per heavy atom. The molecule has 1 unspecified atom stereocenters. The van der Waals surface area contributed by atoms with E-state index in [4.69, 9.17) is 0 Å².